The lowest BCUT2D eigenvalue weighted by Gasteiger charge is -2.17. The van der Waals surface area contributed by atoms with Crippen molar-refractivity contribution in [2.45, 2.75) is 18.0 Å². The number of hydrogen-bond acceptors (Lipinski definition) is 6. The zero-order chi connectivity index (χ0) is 23.7. The quantitative estimate of drug-likeness (QED) is 0.410. The molecule has 34 heavy (non-hydrogen) atoms. The van der Waals surface area contributed by atoms with Gasteiger partial charge in [0.25, 0.3) is 5.56 Å². The summed E-state index contributed by atoms with van der Waals surface area (Å²) in [5, 5.41) is 8.89. The number of hydrogen-bond donors (Lipinski definition) is 2. The predicted molar refractivity (Wildman–Crippen MR) is 125 cm³/mol. The van der Waals surface area contributed by atoms with Gasteiger partial charge >= 0.3 is 5.69 Å². The Morgan fingerprint density at radius 3 is 2.65 bits per heavy atom. The Morgan fingerprint density at radius 1 is 1.06 bits per heavy atom. The topological polar surface area (TPSA) is 117 Å². The van der Waals surface area contributed by atoms with E-state index in [1.165, 1.54) is 30.0 Å². The van der Waals surface area contributed by atoms with Crippen molar-refractivity contribution < 1.29 is 9.18 Å². The van der Waals surface area contributed by atoms with E-state index in [0.29, 0.717) is 28.9 Å². The summed E-state index contributed by atoms with van der Waals surface area (Å²) in [5.41, 5.74) is 1.86. The Balaban J connectivity index is 1.43. The maximum atomic E-state index is 13.5. The number of anilines is 1. The molecule has 0 aliphatic carbocycles. The number of H-pyrrole nitrogens is 2. The maximum absolute atomic E-state index is 13.5. The fourth-order valence-corrected chi connectivity index (χ4v) is 4.79. The van der Waals surface area contributed by atoms with Crippen molar-refractivity contribution in [3.63, 3.8) is 0 Å². The van der Waals surface area contributed by atoms with Crippen molar-refractivity contribution in [1.29, 1.82) is 0 Å². The average Bonchev–Trinajstić information content (AvgIpc) is 3.42. The molecular weight excluding hydrogens is 459 g/mol. The third-order valence-electron chi connectivity index (χ3n) is 5.46. The molecule has 9 nitrogen and oxygen atoms in total. The fourth-order valence-electron chi connectivity index (χ4n) is 3.94. The van der Waals surface area contributed by atoms with Crippen LogP contribution in [0.4, 0.5) is 10.1 Å². The summed E-state index contributed by atoms with van der Waals surface area (Å²) >= 11 is 1.22. The number of nitrogens with one attached hydrogen (secondary N) is 2. The Bertz CT molecular complexity index is 1450. The number of nitrogens with zero attached hydrogens (tertiary/aromatic N) is 4. The number of benzene rings is 2. The summed E-state index contributed by atoms with van der Waals surface area (Å²) in [5.74, 6) is 0.114. The molecule has 2 aromatic heterocycles. The molecule has 0 bridgehead atoms. The third kappa shape index (κ3) is 4.42. The second-order valence-corrected chi connectivity index (χ2v) is 8.66. The Labute approximate surface area is 196 Å². The van der Waals surface area contributed by atoms with Crippen molar-refractivity contribution >= 4 is 23.4 Å². The fraction of sp³-hybridized carbons (Fsp3) is 0.174. The minimum atomic E-state index is -0.624. The Hall–Kier alpha value is -3.99. The molecule has 2 N–H and O–H groups in total. The van der Waals surface area contributed by atoms with Gasteiger partial charge in [-0.2, -0.15) is 0 Å². The zero-order valence-electron chi connectivity index (χ0n) is 17.8. The van der Waals surface area contributed by atoms with Crippen LogP contribution in [-0.4, -0.2) is 42.9 Å². The summed E-state index contributed by atoms with van der Waals surface area (Å²) < 4.78 is 15.2. The number of aromatic nitrogens is 5. The zero-order valence-corrected chi connectivity index (χ0v) is 18.6. The highest BCUT2D eigenvalue weighted by Crippen LogP contribution is 2.29. The van der Waals surface area contributed by atoms with Crippen LogP contribution in [0.2, 0.25) is 0 Å². The minimum absolute atomic E-state index is 0.0518. The summed E-state index contributed by atoms with van der Waals surface area (Å²) in [7, 11) is 0. The van der Waals surface area contributed by atoms with Crippen molar-refractivity contribution in [2.75, 3.05) is 17.2 Å². The van der Waals surface area contributed by atoms with Crippen molar-refractivity contribution in [2.24, 2.45) is 0 Å². The molecule has 0 radical (unpaired) electrons. The normalized spacial score (nSPS) is 12.7. The number of halogens is 1. The van der Waals surface area contributed by atoms with Crippen LogP contribution >= 0.6 is 11.8 Å². The molecule has 0 unspecified atom stereocenters. The molecule has 0 spiro atoms. The molecule has 5 rings (SSSR count). The van der Waals surface area contributed by atoms with Crippen LogP contribution in [0.15, 0.2) is 69.3 Å². The summed E-state index contributed by atoms with van der Waals surface area (Å²) in [4.78, 5) is 42.8. The van der Waals surface area contributed by atoms with Gasteiger partial charge in [-0.25, -0.2) is 9.18 Å². The first-order valence-corrected chi connectivity index (χ1v) is 11.5. The number of para-hydroxylation sites is 1. The number of aromatic amines is 2. The molecule has 1 aliphatic rings. The molecule has 3 heterocycles. The molecule has 4 aromatic rings. The minimum Gasteiger partial charge on any atom is -0.311 e. The van der Waals surface area contributed by atoms with Gasteiger partial charge in [0.15, 0.2) is 5.16 Å². The highest BCUT2D eigenvalue weighted by atomic mass is 32.2. The highest BCUT2D eigenvalue weighted by molar-refractivity contribution is 7.99. The molecular formula is C23H19FN6O3S. The molecule has 1 aliphatic heterocycles. The SMILES string of the molecule is O=C(CSc1nnc(Cc2cc(=O)[nH]c(=O)[nH]2)n1-c1ccc(F)cc1)N1CCc2ccccc21. The van der Waals surface area contributed by atoms with Crippen LogP contribution in [0.3, 0.4) is 0 Å². The monoisotopic (exact) mass is 478 g/mol. The van der Waals surface area contributed by atoms with Gasteiger partial charge in [-0.15, -0.1) is 10.2 Å². The smallest absolute Gasteiger partial charge is 0.311 e. The largest absolute Gasteiger partial charge is 0.325 e. The first-order chi connectivity index (χ1) is 16.5. The molecule has 0 saturated heterocycles. The third-order valence-corrected chi connectivity index (χ3v) is 6.38. The van der Waals surface area contributed by atoms with Gasteiger partial charge in [0.1, 0.15) is 11.6 Å². The highest BCUT2D eigenvalue weighted by Gasteiger charge is 2.25. The summed E-state index contributed by atoms with van der Waals surface area (Å²) in [6, 6.07) is 14.9. The number of carbonyl (C=O) groups excluding carboxylic acids is 1. The van der Waals surface area contributed by atoms with E-state index in [-0.39, 0.29) is 18.1 Å². The van der Waals surface area contributed by atoms with Crippen LogP contribution in [-0.2, 0) is 17.6 Å². The second kappa shape index (κ2) is 9.10. The standard InChI is InChI=1S/C23H19FN6O3S/c24-15-5-7-17(8-6-15)30-19(11-16-12-20(31)26-22(33)25-16)27-28-23(30)34-13-21(32)29-10-9-14-3-1-2-4-18(14)29/h1-8,12H,9-11,13H2,(H2,25,26,31,33). The van der Waals surface area contributed by atoms with Gasteiger partial charge < -0.3 is 9.88 Å². The Kier molecular flexibility index (Phi) is 5.84. The van der Waals surface area contributed by atoms with Crippen molar-refractivity contribution in [3.8, 4) is 5.69 Å². The summed E-state index contributed by atoms with van der Waals surface area (Å²) in [6.45, 7) is 0.630. The van der Waals surface area contributed by atoms with Gasteiger partial charge in [0.2, 0.25) is 5.91 Å². The van der Waals surface area contributed by atoms with Crippen LogP contribution in [0.25, 0.3) is 5.69 Å². The van der Waals surface area contributed by atoms with Crippen LogP contribution in [0.1, 0.15) is 17.1 Å². The maximum Gasteiger partial charge on any atom is 0.325 e. The van der Waals surface area contributed by atoms with Gasteiger partial charge in [-0.05, 0) is 42.3 Å². The van der Waals surface area contributed by atoms with E-state index >= 15 is 0 Å². The molecule has 0 saturated carbocycles. The molecule has 11 heteroatoms. The van der Waals surface area contributed by atoms with Crippen molar-refractivity contribution in [1.82, 2.24) is 24.7 Å². The van der Waals surface area contributed by atoms with Crippen molar-refractivity contribution in [3.05, 3.63) is 98.3 Å². The predicted octanol–water partition coefficient (Wildman–Crippen LogP) is 2.06. The van der Waals surface area contributed by atoms with Crippen LogP contribution < -0.4 is 16.1 Å². The molecule has 0 atom stereocenters. The number of carbonyl (C=O) groups is 1. The molecule has 1 amide bonds. The van der Waals surface area contributed by atoms with Gasteiger partial charge in [0.05, 0.1) is 5.75 Å². The first-order valence-electron chi connectivity index (χ1n) is 10.5. The molecule has 2 aromatic carbocycles. The number of fused-ring (bicyclic) bond motifs is 1. The van der Waals surface area contributed by atoms with E-state index in [2.05, 4.69) is 20.2 Å². The van der Waals surface area contributed by atoms with Crippen LogP contribution in [0.5, 0.6) is 0 Å². The Morgan fingerprint density at radius 2 is 1.85 bits per heavy atom. The van der Waals surface area contributed by atoms with E-state index in [4.69, 9.17) is 0 Å². The van der Waals surface area contributed by atoms with Crippen LogP contribution in [0, 0.1) is 5.82 Å². The van der Waals surface area contributed by atoms with E-state index in [1.54, 1.807) is 21.6 Å². The lowest BCUT2D eigenvalue weighted by Crippen LogP contribution is -2.30. The lowest BCUT2D eigenvalue weighted by molar-refractivity contribution is -0.116. The molecule has 172 valence electrons. The van der Waals surface area contributed by atoms with Gasteiger partial charge in [-0.1, -0.05) is 30.0 Å². The molecule has 0 fully saturated rings. The van der Waals surface area contributed by atoms with Gasteiger partial charge in [0, 0.05) is 36.1 Å². The van der Waals surface area contributed by atoms with Gasteiger partial charge in [-0.3, -0.25) is 19.1 Å². The number of thioether (sulfide) groups is 1. The average molecular weight is 479 g/mol. The van der Waals surface area contributed by atoms with E-state index in [0.717, 1.165) is 17.7 Å². The van der Waals surface area contributed by atoms with E-state index in [1.807, 2.05) is 24.3 Å². The number of amides is 1. The van der Waals surface area contributed by atoms with E-state index in [9.17, 15) is 18.8 Å². The summed E-state index contributed by atoms with van der Waals surface area (Å²) in [6.07, 6.45) is 0.925. The van der Waals surface area contributed by atoms with E-state index < -0.39 is 17.1 Å². The first kappa shape index (κ1) is 21.8. The lowest BCUT2D eigenvalue weighted by atomic mass is 10.2. The second-order valence-electron chi connectivity index (χ2n) is 7.71. The number of rotatable bonds is 6.